The third-order valence-electron chi connectivity index (χ3n) is 3.63. The molecule has 130 valence electrons. The van der Waals surface area contributed by atoms with Crippen LogP contribution in [-0.2, 0) is 12.2 Å². The van der Waals surface area contributed by atoms with E-state index in [2.05, 4.69) is 15.2 Å². The van der Waals surface area contributed by atoms with E-state index in [1.54, 1.807) is 6.20 Å². The summed E-state index contributed by atoms with van der Waals surface area (Å²) < 4.78 is 11.4. The summed E-state index contributed by atoms with van der Waals surface area (Å²) >= 11 is 7.40. The summed E-state index contributed by atoms with van der Waals surface area (Å²) in [5.74, 6) is 2.37. The molecule has 0 aliphatic heterocycles. The Labute approximate surface area is 159 Å². The van der Waals surface area contributed by atoms with E-state index in [9.17, 15) is 0 Å². The monoisotopic (exact) mass is 383 g/mol. The highest BCUT2D eigenvalue weighted by Gasteiger charge is 2.11. The highest BCUT2D eigenvalue weighted by atomic mass is 35.5. The van der Waals surface area contributed by atoms with Gasteiger partial charge in [-0.3, -0.25) is 0 Å². The summed E-state index contributed by atoms with van der Waals surface area (Å²) in [6.45, 7) is 0. The third-order valence-corrected chi connectivity index (χ3v) is 4.67. The van der Waals surface area contributed by atoms with Gasteiger partial charge >= 0.3 is 0 Å². The molecular formula is C19H14ClN3O2S. The van der Waals surface area contributed by atoms with Crippen molar-refractivity contribution in [3.8, 4) is 11.3 Å². The molecule has 0 spiro atoms. The van der Waals surface area contributed by atoms with Crippen molar-refractivity contribution in [3.63, 3.8) is 0 Å². The standard InChI is InChI=1S/C19H14ClN3O2S/c20-15-8-4-7-14(10-15)16-11-21-18(24-16)12-26-19-23-22-17(25-19)9-13-5-2-1-3-6-13/h1-8,10-11H,9,12H2. The molecule has 0 aliphatic carbocycles. The van der Waals surface area contributed by atoms with Gasteiger partial charge in [0.1, 0.15) is 0 Å². The lowest BCUT2D eigenvalue weighted by molar-refractivity contribution is 0.419. The van der Waals surface area contributed by atoms with Crippen molar-refractivity contribution in [1.29, 1.82) is 0 Å². The summed E-state index contributed by atoms with van der Waals surface area (Å²) in [4.78, 5) is 4.29. The minimum absolute atomic E-state index is 0.499. The van der Waals surface area contributed by atoms with Gasteiger partial charge in [-0.15, -0.1) is 10.2 Å². The van der Waals surface area contributed by atoms with Gasteiger partial charge in [-0.2, -0.15) is 0 Å². The van der Waals surface area contributed by atoms with E-state index in [0.717, 1.165) is 11.1 Å². The number of hydrogen-bond acceptors (Lipinski definition) is 6. The summed E-state index contributed by atoms with van der Waals surface area (Å²) in [5.41, 5.74) is 2.02. The van der Waals surface area contributed by atoms with Crippen LogP contribution in [0, 0.1) is 0 Å². The molecule has 26 heavy (non-hydrogen) atoms. The molecule has 7 heteroatoms. The second-order valence-corrected chi connectivity index (χ2v) is 6.90. The van der Waals surface area contributed by atoms with Crippen molar-refractivity contribution in [3.05, 3.63) is 83.2 Å². The molecule has 0 radical (unpaired) electrons. The van der Waals surface area contributed by atoms with Crippen molar-refractivity contribution in [2.24, 2.45) is 0 Å². The molecule has 2 heterocycles. The van der Waals surface area contributed by atoms with E-state index in [1.807, 2.05) is 54.6 Å². The van der Waals surface area contributed by atoms with E-state index in [4.69, 9.17) is 20.4 Å². The van der Waals surface area contributed by atoms with Crippen molar-refractivity contribution in [2.75, 3.05) is 0 Å². The Morgan fingerprint density at radius 1 is 0.923 bits per heavy atom. The average molecular weight is 384 g/mol. The molecule has 4 aromatic rings. The minimum Gasteiger partial charge on any atom is -0.440 e. The van der Waals surface area contributed by atoms with Gasteiger partial charge in [0.25, 0.3) is 5.22 Å². The van der Waals surface area contributed by atoms with Crippen molar-refractivity contribution >= 4 is 23.4 Å². The lowest BCUT2D eigenvalue weighted by Crippen LogP contribution is -1.87. The van der Waals surface area contributed by atoms with Crippen LogP contribution >= 0.6 is 23.4 Å². The normalized spacial score (nSPS) is 11.0. The first-order valence-corrected chi connectivity index (χ1v) is 9.32. The SMILES string of the molecule is Clc1cccc(-c2cnc(CSc3nnc(Cc4ccccc4)o3)o2)c1. The average Bonchev–Trinajstić information content (AvgIpc) is 3.30. The Kier molecular flexibility index (Phi) is 5.04. The van der Waals surface area contributed by atoms with E-state index < -0.39 is 0 Å². The number of benzene rings is 2. The number of rotatable bonds is 6. The first-order chi connectivity index (χ1) is 12.8. The summed E-state index contributed by atoms with van der Waals surface area (Å²) in [6, 6.07) is 17.5. The van der Waals surface area contributed by atoms with Gasteiger partial charge in [0, 0.05) is 10.6 Å². The Balaban J connectivity index is 1.38. The Morgan fingerprint density at radius 3 is 2.65 bits per heavy atom. The highest BCUT2D eigenvalue weighted by molar-refractivity contribution is 7.98. The fraction of sp³-hybridized carbons (Fsp3) is 0.105. The fourth-order valence-corrected chi connectivity index (χ4v) is 3.24. The van der Waals surface area contributed by atoms with Crippen LogP contribution in [0.3, 0.4) is 0 Å². The van der Waals surface area contributed by atoms with Crippen LogP contribution in [0.25, 0.3) is 11.3 Å². The number of nitrogens with zero attached hydrogens (tertiary/aromatic N) is 3. The van der Waals surface area contributed by atoms with Crippen LogP contribution in [0.2, 0.25) is 5.02 Å². The summed E-state index contributed by atoms with van der Waals surface area (Å²) in [7, 11) is 0. The number of thioether (sulfide) groups is 1. The van der Waals surface area contributed by atoms with Gasteiger partial charge < -0.3 is 8.83 Å². The molecule has 4 rings (SSSR count). The predicted octanol–water partition coefficient (Wildman–Crippen LogP) is 5.26. The molecule has 5 nitrogen and oxygen atoms in total. The number of hydrogen-bond donors (Lipinski definition) is 0. The van der Waals surface area contributed by atoms with Gasteiger partial charge in [0.05, 0.1) is 18.4 Å². The number of aromatic nitrogens is 3. The molecule has 2 aromatic heterocycles. The first-order valence-electron chi connectivity index (χ1n) is 7.96. The van der Waals surface area contributed by atoms with Crippen LogP contribution < -0.4 is 0 Å². The molecule has 0 N–H and O–H groups in total. The van der Waals surface area contributed by atoms with Crippen molar-refractivity contribution < 1.29 is 8.83 Å². The zero-order chi connectivity index (χ0) is 17.8. The molecule has 0 bridgehead atoms. The number of halogens is 1. The van der Waals surface area contributed by atoms with Crippen molar-refractivity contribution in [2.45, 2.75) is 17.4 Å². The summed E-state index contributed by atoms with van der Waals surface area (Å²) in [6.07, 6.45) is 2.31. The molecule has 0 atom stereocenters. The van der Waals surface area contributed by atoms with Gasteiger partial charge in [-0.05, 0) is 17.7 Å². The second-order valence-electron chi connectivity index (χ2n) is 5.54. The third kappa shape index (κ3) is 4.15. The van der Waals surface area contributed by atoms with Crippen molar-refractivity contribution in [1.82, 2.24) is 15.2 Å². The van der Waals surface area contributed by atoms with Crippen LogP contribution in [-0.4, -0.2) is 15.2 Å². The molecule has 2 aromatic carbocycles. The van der Waals surface area contributed by atoms with Crippen LogP contribution in [0.4, 0.5) is 0 Å². The zero-order valence-electron chi connectivity index (χ0n) is 13.6. The molecule has 0 amide bonds. The lowest BCUT2D eigenvalue weighted by atomic mass is 10.2. The smallest absolute Gasteiger partial charge is 0.277 e. The van der Waals surface area contributed by atoms with Gasteiger partial charge in [-0.1, -0.05) is 65.8 Å². The van der Waals surface area contributed by atoms with Gasteiger partial charge in [-0.25, -0.2) is 4.98 Å². The molecule has 0 saturated heterocycles. The maximum Gasteiger partial charge on any atom is 0.277 e. The maximum atomic E-state index is 6.01. The van der Waals surface area contributed by atoms with Crippen LogP contribution in [0.5, 0.6) is 0 Å². The summed E-state index contributed by atoms with van der Waals surface area (Å²) in [5, 5.41) is 9.30. The molecule has 0 saturated carbocycles. The molecule has 0 fully saturated rings. The predicted molar refractivity (Wildman–Crippen MR) is 100 cm³/mol. The second kappa shape index (κ2) is 7.76. The Morgan fingerprint density at radius 2 is 1.81 bits per heavy atom. The van der Waals surface area contributed by atoms with Crippen LogP contribution in [0.1, 0.15) is 17.3 Å². The van der Waals surface area contributed by atoms with E-state index >= 15 is 0 Å². The van der Waals surface area contributed by atoms with E-state index in [1.165, 1.54) is 11.8 Å². The fourth-order valence-electron chi connectivity index (χ4n) is 2.41. The largest absolute Gasteiger partial charge is 0.440 e. The quantitative estimate of drug-likeness (QED) is 0.423. The van der Waals surface area contributed by atoms with E-state index in [0.29, 0.717) is 40.0 Å². The Hall–Kier alpha value is -2.57. The minimum atomic E-state index is 0.499. The first kappa shape index (κ1) is 16.9. The van der Waals surface area contributed by atoms with Crippen LogP contribution in [0.15, 0.2) is 74.9 Å². The maximum absolute atomic E-state index is 6.01. The highest BCUT2D eigenvalue weighted by Crippen LogP contribution is 2.27. The van der Waals surface area contributed by atoms with E-state index in [-0.39, 0.29) is 0 Å². The molecule has 0 unspecified atom stereocenters. The number of oxazole rings is 1. The topological polar surface area (TPSA) is 65.0 Å². The zero-order valence-corrected chi connectivity index (χ0v) is 15.2. The van der Waals surface area contributed by atoms with Gasteiger partial charge in [0.2, 0.25) is 11.8 Å². The molecule has 0 aliphatic rings. The van der Waals surface area contributed by atoms with Gasteiger partial charge in [0.15, 0.2) is 5.76 Å². The molecular weight excluding hydrogens is 370 g/mol. The lowest BCUT2D eigenvalue weighted by Gasteiger charge is -1.96. The Bertz CT molecular complexity index is 1000.